The maximum Gasteiger partial charge on any atom is 0.157 e. The summed E-state index contributed by atoms with van der Waals surface area (Å²) in [6.45, 7) is 0.113. The van der Waals surface area contributed by atoms with E-state index in [9.17, 15) is 14.7 Å². The molecule has 0 unspecified atom stereocenters. The van der Waals surface area contributed by atoms with Gasteiger partial charge in [-0.3, -0.25) is 14.6 Å². The molecular weight excluding hydrogens is 346 g/mol. The van der Waals surface area contributed by atoms with Crippen molar-refractivity contribution in [3.63, 3.8) is 0 Å². The second-order valence-electron chi connectivity index (χ2n) is 5.68. The largest absolute Gasteiger partial charge is 0.507 e. The highest BCUT2D eigenvalue weighted by atomic mass is 16.5. The van der Waals surface area contributed by atoms with E-state index in [1.165, 1.54) is 6.07 Å². The molecule has 6 nitrogen and oxygen atoms in total. The standard InChI is InChI=1S/C21H17NO5/c1-26-19-8-7-14(11-23)10-16(19)21-15(4-3-9-22-21)13-27-20-6-2-5-18(25)17(20)12-24/h2-12,25H,13H2,1H3. The van der Waals surface area contributed by atoms with Gasteiger partial charge in [0.05, 0.1) is 18.4 Å². The van der Waals surface area contributed by atoms with Crippen LogP contribution in [-0.2, 0) is 6.61 Å². The molecule has 1 aromatic heterocycles. The molecule has 136 valence electrons. The van der Waals surface area contributed by atoms with Crippen molar-refractivity contribution in [2.45, 2.75) is 6.61 Å². The highest BCUT2D eigenvalue weighted by Gasteiger charge is 2.14. The summed E-state index contributed by atoms with van der Waals surface area (Å²) < 4.78 is 11.1. The Labute approximate surface area is 156 Å². The number of benzene rings is 2. The van der Waals surface area contributed by atoms with E-state index in [1.54, 1.807) is 49.7 Å². The molecule has 0 bridgehead atoms. The van der Waals surface area contributed by atoms with Gasteiger partial charge in [0.2, 0.25) is 0 Å². The van der Waals surface area contributed by atoms with E-state index in [2.05, 4.69) is 4.98 Å². The van der Waals surface area contributed by atoms with E-state index in [1.807, 2.05) is 6.07 Å². The summed E-state index contributed by atoms with van der Waals surface area (Å²) >= 11 is 0. The lowest BCUT2D eigenvalue weighted by molar-refractivity contribution is 0.111. The lowest BCUT2D eigenvalue weighted by Crippen LogP contribution is -2.02. The van der Waals surface area contributed by atoms with E-state index in [4.69, 9.17) is 9.47 Å². The highest BCUT2D eigenvalue weighted by molar-refractivity contribution is 5.83. The molecule has 0 saturated heterocycles. The molecule has 1 N–H and O–H groups in total. The Balaban J connectivity index is 1.98. The van der Waals surface area contributed by atoms with E-state index in [0.29, 0.717) is 28.9 Å². The third kappa shape index (κ3) is 3.79. The van der Waals surface area contributed by atoms with Gasteiger partial charge in [-0.2, -0.15) is 0 Å². The summed E-state index contributed by atoms with van der Waals surface area (Å²) in [6, 6.07) is 13.3. The van der Waals surface area contributed by atoms with Gasteiger partial charge in [-0.15, -0.1) is 0 Å². The molecular formula is C21H17NO5. The van der Waals surface area contributed by atoms with Gasteiger partial charge >= 0.3 is 0 Å². The summed E-state index contributed by atoms with van der Waals surface area (Å²) in [5, 5.41) is 9.77. The number of carbonyl (C=O) groups excluding carboxylic acids is 2. The Morgan fingerprint density at radius 1 is 1.04 bits per heavy atom. The monoisotopic (exact) mass is 363 g/mol. The number of aromatic nitrogens is 1. The minimum Gasteiger partial charge on any atom is -0.507 e. The van der Waals surface area contributed by atoms with Crippen LogP contribution in [0.3, 0.4) is 0 Å². The molecule has 0 aliphatic heterocycles. The number of hydrogen-bond acceptors (Lipinski definition) is 6. The van der Waals surface area contributed by atoms with Crippen LogP contribution in [0.2, 0.25) is 0 Å². The zero-order valence-electron chi connectivity index (χ0n) is 14.6. The van der Waals surface area contributed by atoms with Crippen molar-refractivity contribution >= 4 is 12.6 Å². The third-order valence-electron chi connectivity index (χ3n) is 4.05. The summed E-state index contributed by atoms with van der Waals surface area (Å²) in [5.74, 6) is 0.703. The van der Waals surface area contributed by atoms with Crippen LogP contribution in [0.1, 0.15) is 26.3 Å². The molecule has 0 amide bonds. The third-order valence-corrected chi connectivity index (χ3v) is 4.05. The van der Waals surface area contributed by atoms with Crippen LogP contribution in [-0.4, -0.2) is 29.8 Å². The first-order chi connectivity index (χ1) is 13.2. The number of aldehydes is 2. The average Bonchev–Trinajstić information content (AvgIpc) is 2.72. The number of carbonyl (C=O) groups is 2. The van der Waals surface area contributed by atoms with Gasteiger partial charge in [0, 0.05) is 22.9 Å². The first-order valence-corrected chi connectivity index (χ1v) is 8.15. The summed E-state index contributed by atoms with van der Waals surface area (Å²) in [4.78, 5) is 26.8. The van der Waals surface area contributed by atoms with Crippen molar-refractivity contribution in [1.82, 2.24) is 4.98 Å². The highest BCUT2D eigenvalue weighted by Crippen LogP contribution is 2.33. The summed E-state index contributed by atoms with van der Waals surface area (Å²) in [6.07, 6.45) is 2.94. The van der Waals surface area contributed by atoms with E-state index in [-0.39, 0.29) is 23.7 Å². The van der Waals surface area contributed by atoms with Crippen LogP contribution >= 0.6 is 0 Å². The van der Waals surface area contributed by atoms with Crippen molar-refractivity contribution < 1.29 is 24.2 Å². The van der Waals surface area contributed by atoms with Crippen molar-refractivity contribution in [3.05, 3.63) is 71.4 Å². The number of hydrogen-bond donors (Lipinski definition) is 1. The fourth-order valence-electron chi connectivity index (χ4n) is 2.71. The van der Waals surface area contributed by atoms with E-state index >= 15 is 0 Å². The quantitative estimate of drug-likeness (QED) is 0.645. The van der Waals surface area contributed by atoms with Gasteiger partial charge in [0.15, 0.2) is 6.29 Å². The van der Waals surface area contributed by atoms with E-state index < -0.39 is 0 Å². The molecule has 0 aliphatic carbocycles. The fraction of sp³-hybridized carbons (Fsp3) is 0.0952. The Morgan fingerprint density at radius 3 is 2.63 bits per heavy atom. The maximum absolute atomic E-state index is 11.2. The zero-order chi connectivity index (χ0) is 19.2. The number of rotatable bonds is 7. The molecule has 0 fully saturated rings. The number of ether oxygens (including phenoxy) is 2. The molecule has 27 heavy (non-hydrogen) atoms. The number of phenolic OH excluding ortho intramolecular Hbond substituents is 1. The Hall–Kier alpha value is -3.67. The number of pyridine rings is 1. The molecule has 6 heteroatoms. The number of methoxy groups -OCH3 is 1. The number of nitrogens with zero attached hydrogens (tertiary/aromatic N) is 1. The Bertz CT molecular complexity index is 984. The molecule has 3 aromatic rings. The SMILES string of the molecule is COc1ccc(C=O)cc1-c1ncccc1COc1cccc(O)c1C=O. The van der Waals surface area contributed by atoms with Crippen molar-refractivity contribution in [2.24, 2.45) is 0 Å². The predicted molar refractivity (Wildman–Crippen MR) is 99.4 cm³/mol. The first-order valence-electron chi connectivity index (χ1n) is 8.15. The minimum atomic E-state index is -0.144. The van der Waals surface area contributed by atoms with Gasteiger partial charge in [0.1, 0.15) is 30.1 Å². The van der Waals surface area contributed by atoms with Gasteiger partial charge in [0.25, 0.3) is 0 Å². The molecule has 0 aliphatic rings. The molecule has 0 spiro atoms. The second kappa shape index (κ2) is 8.14. The number of phenols is 1. The van der Waals surface area contributed by atoms with Crippen LogP contribution in [0.25, 0.3) is 11.3 Å². The van der Waals surface area contributed by atoms with Crippen LogP contribution in [0.5, 0.6) is 17.2 Å². The normalized spacial score (nSPS) is 10.3. The second-order valence-corrected chi connectivity index (χ2v) is 5.68. The lowest BCUT2D eigenvalue weighted by atomic mass is 10.0. The smallest absolute Gasteiger partial charge is 0.157 e. The maximum atomic E-state index is 11.2. The Kier molecular flexibility index (Phi) is 5.47. The fourth-order valence-corrected chi connectivity index (χ4v) is 2.71. The van der Waals surface area contributed by atoms with Gasteiger partial charge < -0.3 is 14.6 Å². The molecule has 0 saturated carbocycles. The van der Waals surface area contributed by atoms with Crippen LogP contribution in [0, 0.1) is 0 Å². The molecule has 2 aromatic carbocycles. The van der Waals surface area contributed by atoms with Crippen molar-refractivity contribution in [1.29, 1.82) is 0 Å². The first kappa shape index (κ1) is 18.1. The minimum absolute atomic E-state index is 0.0865. The number of aromatic hydroxyl groups is 1. The molecule has 1 heterocycles. The molecule has 0 radical (unpaired) electrons. The van der Waals surface area contributed by atoms with Gasteiger partial charge in [-0.1, -0.05) is 12.1 Å². The van der Waals surface area contributed by atoms with Crippen molar-refractivity contribution in [3.8, 4) is 28.5 Å². The lowest BCUT2D eigenvalue weighted by Gasteiger charge is -2.14. The Morgan fingerprint density at radius 2 is 1.89 bits per heavy atom. The topological polar surface area (TPSA) is 85.7 Å². The molecule has 3 rings (SSSR count). The van der Waals surface area contributed by atoms with Gasteiger partial charge in [-0.25, -0.2) is 0 Å². The van der Waals surface area contributed by atoms with Crippen LogP contribution in [0.4, 0.5) is 0 Å². The average molecular weight is 363 g/mol. The molecule has 0 atom stereocenters. The summed E-state index contributed by atoms with van der Waals surface area (Å²) in [5.41, 5.74) is 2.58. The van der Waals surface area contributed by atoms with Gasteiger partial charge in [-0.05, 0) is 36.4 Å². The predicted octanol–water partition coefficient (Wildman–Crippen LogP) is 3.67. The zero-order valence-corrected chi connectivity index (χ0v) is 14.6. The van der Waals surface area contributed by atoms with Crippen LogP contribution in [0.15, 0.2) is 54.7 Å². The summed E-state index contributed by atoms with van der Waals surface area (Å²) in [7, 11) is 1.54. The van der Waals surface area contributed by atoms with Crippen LogP contribution < -0.4 is 9.47 Å². The van der Waals surface area contributed by atoms with E-state index in [0.717, 1.165) is 11.8 Å². The van der Waals surface area contributed by atoms with Crippen molar-refractivity contribution in [2.75, 3.05) is 7.11 Å².